The number of hydrogen-bond acceptors (Lipinski definition) is 3. The molecule has 0 spiro atoms. The highest BCUT2D eigenvalue weighted by molar-refractivity contribution is 7.12. The molecule has 1 aliphatic carbocycles. The van der Waals surface area contributed by atoms with Crippen LogP contribution in [0.4, 0.5) is 4.79 Å². The fraction of sp³-hybridized carbons (Fsp3) is 0.625. The summed E-state index contributed by atoms with van der Waals surface area (Å²) in [4.78, 5) is 29.1. The Hall–Kier alpha value is -1.56. The fourth-order valence-electron chi connectivity index (χ4n) is 2.92. The van der Waals surface area contributed by atoms with Gasteiger partial charge in [-0.05, 0) is 36.6 Å². The second-order valence-electron chi connectivity index (χ2n) is 6.09. The summed E-state index contributed by atoms with van der Waals surface area (Å²) in [6.07, 6.45) is 4.62. The third-order valence-corrected chi connectivity index (χ3v) is 5.43. The van der Waals surface area contributed by atoms with Crippen molar-refractivity contribution in [1.82, 2.24) is 15.1 Å². The Morgan fingerprint density at radius 1 is 1.14 bits per heavy atom. The van der Waals surface area contributed by atoms with Crippen molar-refractivity contribution in [2.75, 3.05) is 32.7 Å². The number of carbonyl (C=O) groups is 2. The Balaban J connectivity index is 1.48. The molecule has 2 aliphatic rings. The minimum atomic E-state index is 0.0253. The minimum Gasteiger partial charge on any atom is -0.338 e. The molecule has 1 saturated heterocycles. The summed E-state index contributed by atoms with van der Waals surface area (Å²) in [6, 6.07) is 3.79. The maximum Gasteiger partial charge on any atom is 0.317 e. The van der Waals surface area contributed by atoms with Crippen LogP contribution in [-0.4, -0.2) is 54.5 Å². The van der Waals surface area contributed by atoms with Crippen LogP contribution in [0.2, 0.25) is 0 Å². The molecule has 120 valence electrons. The first-order valence-corrected chi connectivity index (χ1v) is 8.97. The zero-order chi connectivity index (χ0) is 15.4. The third-order valence-electron chi connectivity index (χ3n) is 4.57. The number of thiophene rings is 1. The molecule has 1 saturated carbocycles. The largest absolute Gasteiger partial charge is 0.338 e. The Labute approximate surface area is 135 Å². The maximum absolute atomic E-state index is 12.4. The summed E-state index contributed by atoms with van der Waals surface area (Å²) in [6.45, 7) is 3.49. The molecule has 1 aromatic rings. The van der Waals surface area contributed by atoms with Crippen LogP contribution in [0.15, 0.2) is 17.5 Å². The SMILES string of the molecule is O=C(NCC1CCC1)N1CCCN(C(=O)c2cccs2)CC1. The highest BCUT2D eigenvalue weighted by Crippen LogP contribution is 2.25. The highest BCUT2D eigenvalue weighted by atomic mass is 32.1. The van der Waals surface area contributed by atoms with E-state index in [9.17, 15) is 9.59 Å². The lowest BCUT2D eigenvalue weighted by Crippen LogP contribution is -2.44. The summed E-state index contributed by atoms with van der Waals surface area (Å²) >= 11 is 1.47. The first kappa shape index (κ1) is 15.3. The molecule has 2 fully saturated rings. The van der Waals surface area contributed by atoms with Crippen LogP contribution in [0.1, 0.15) is 35.4 Å². The zero-order valence-electron chi connectivity index (χ0n) is 12.8. The molecule has 5 nitrogen and oxygen atoms in total. The van der Waals surface area contributed by atoms with E-state index in [1.807, 2.05) is 27.3 Å². The second kappa shape index (κ2) is 7.13. The third kappa shape index (κ3) is 3.61. The molecule has 0 atom stereocenters. The standard InChI is InChI=1S/C16H23N3O2S/c20-15(14-6-2-11-22-14)18-7-3-8-19(10-9-18)16(21)17-12-13-4-1-5-13/h2,6,11,13H,1,3-5,7-10,12H2,(H,17,21). The summed E-state index contributed by atoms with van der Waals surface area (Å²) in [5.74, 6) is 0.763. The van der Waals surface area contributed by atoms with Gasteiger partial charge >= 0.3 is 6.03 Å². The predicted molar refractivity (Wildman–Crippen MR) is 87.2 cm³/mol. The van der Waals surface area contributed by atoms with Crippen LogP contribution in [0.25, 0.3) is 0 Å². The van der Waals surface area contributed by atoms with E-state index in [0.29, 0.717) is 19.0 Å². The Bertz CT molecular complexity index is 513. The van der Waals surface area contributed by atoms with Gasteiger partial charge in [0.1, 0.15) is 0 Å². The van der Waals surface area contributed by atoms with E-state index >= 15 is 0 Å². The lowest BCUT2D eigenvalue weighted by atomic mass is 9.85. The smallest absolute Gasteiger partial charge is 0.317 e. The lowest BCUT2D eigenvalue weighted by molar-refractivity contribution is 0.0767. The molecule has 0 unspecified atom stereocenters. The Kier molecular flexibility index (Phi) is 4.97. The molecule has 2 heterocycles. The van der Waals surface area contributed by atoms with Gasteiger partial charge in [0.15, 0.2) is 0 Å². The van der Waals surface area contributed by atoms with Crippen molar-refractivity contribution in [1.29, 1.82) is 0 Å². The van der Waals surface area contributed by atoms with Gasteiger partial charge in [-0.1, -0.05) is 12.5 Å². The molecule has 0 aromatic carbocycles. The van der Waals surface area contributed by atoms with Gasteiger partial charge in [0.25, 0.3) is 5.91 Å². The summed E-state index contributed by atoms with van der Waals surface area (Å²) < 4.78 is 0. The second-order valence-corrected chi connectivity index (χ2v) is 7.04. The van der Waals surface area contributed by atoms with Crippen molar-refractivity contribution < 1.29 is 9.59 Å². The summed E-state index contributed by atoms with van der Waals surface area (Å²) in [7, 11) is 0. The van der Waals surface area contributed by atoms with Crippen molar-refractivity contribution >= 4 is 23.3 Å². The van der Waals surface area contributed by atoms with Crippen LogP contribution in [0.5, 0.6) is 0 Å². The van der Waals surface area contributed by atoms with Gasteiger partial charge in [0.05, 0.1) is 4.88 Å². The highest BCUT2D eigenvalue weighted by Gasteiger charge is 2.24. The van der Waals surface area contributed by atoms with Gasteiger partial charge in [-0.3, -0.25) is 4.79 Å². The van der Waals surface area contributed by atoms with E-state index in [0.717, 1.165) is 30.9 Å². The summed E-state index contributed by atoms with van der Waals surface area (Å²) in [5.41, 5.74) is 0. The molecule has 1 N–H and O–H groups in total. The molecular weight excluding hydrogens is 298 g/mol. The van der Waals surface area contributed by atoms with Crippen LogP contribution >= 0.6 is 11.3 Å². The van der Waals surface area contributed by atoms with Gasteiger partial charge in [0.2, 0.25) is 0 Å². The van der Waals surface area contributed by atoms with Gasteiger partial charge in [0, 0.05) is 32.7 Å². The van der Waals surface area contributed by atoms with Crippen molar-refractivity contribution in [3.63, 3.8) is 0 Å². The van der Waals surface area contributed by atoms with Crippen LogP contribution in [-0.2, 0) is 0 Å². The average molecular weight is 321 g/mol. The molecule has 6 heteroatoms. The normalized spacial score (nSPS) is 19.5. The minimum absolute atomic E-state index is 0.0253. The van der Waals surface area contributed by atoms with Gasteiger partial charge in [-0.2, -0.15) is 0 Å². The molecule has 22 heavy (non-hydrogen) atoms. The van der Waals surface area contributed by atoms with E-state index in [2.05, 4.69) is 5.32 Å². The Morgan fingerprint density at radius 3 is 2.59 bits per heavy atom. The number of carbonyl (C=O) groups excluding carboxylic acids is 2. The first-order chi connectivity index (χ1) is 10.7. The summed E-state index contributed by atoms with van der Waals surface area (Å²) in [5, 5.41) is 4.96. The zero-order valence-corrected chi connectivity index (χ0v) is 13.6. The molecular formula is C16H23N3O2S. The van der Waals surface area contributed by atoms with Crippen LogP contribution in [0, 0.1) is 5.92 Å². The van der Waals surface area contributed by atoms with E-state index in [-0.39, 0.29) is 11.9 Å². The quantitative estimate of drug-likeness (QED) is 0.929. The van der Waals surface area contributed by atoms with E-state index in [4.69, 9.17) is 0 Å². The molecule has 3 amide bonds. The number of urea groups is 1. The monoisotopic (exact) mass is 321 g/mol. The van der Waals surface area contributed by atoms with E-state index in [1.165, 1.54) is 30.6 Å². The average Bonchev–Trinajstić information content (AvgIpc) is 2.89. The van der Waals surface area contributed by atoms with Crippen molar-refractivity contribution in [3.8, 4) is 0 Å². The number of nitrogens with one attached hydrogen (secondary N) is 1. The van der Waals surface area contributed by atoms with E-state index in [1.54, 1.807) is 0 Å². The van der Waals surface area contributed by atoms with Gasteiger partial charge in [-0.25, -0.2) is 4.79 Å². The Morgan fingerprint density at radius 2 is 1.91 bits per heavy atom. The van der Waals surface area contributed by atoms with Gasteiger partial charge < -0.3 is 15.1 Å². The van der Waals surface area contributed by atoms with Gasteiger partial charge in [-0.15, -0.1) is 11.3 Å². The molecule has 1 aromatic heterocycles. The molecule has 1 aliphatic heterocycles. The van der Waals surface area contributed by atoms with E-state index < -0.39 is 0 Å². The molecule has 0 radical (unpaired) electrons. The number of rotatable bonds is 3. The predicted octanol–water partition coefficient (Wildman–Crippen LogP) is 2.41. The van der Waals surface area contributed by atoms with Crippen molar-refractivity contribution in [3.05, 3.63) is 22.4 Å². The maximum atomic E-state index is 12.4. The number of nitrogens with zero attached hydrogens (tertiary/aromatic N) is 2. The molecule has 0 bridgehead atoms. The van der Waals surface area contributed by atoms with Crippen molar-refractivity contribution in [2.45, 2.75) is 25.7 Å². The fourth-order valence-corrected chi connectivity index (χ4v) is 3.61. The van der Waals surface area contributed by atoms with Crippen LogP contribution < -0.4 is 5.32 Å². The first-order valence-electron chi connectivity index (χ1n) is 8.09. The van der Waals surface area contributed by atoms with Crippen LogP contribution in [0.3, 0.4) is 0 Å². The number of hydrogen-bond donors (Lipinski definition) is 1. The topological polar surface area (TPSA) is 52.7 Å². The number of amides is 3. The lowest BCUT2D eigenvalue weighted by Gasteiger charge is -2.27. The molecule has 3 rings (SSSR count). The van der Waals surface area contributed by atoms with Crippen molar-refractivity contribution in [2.24, 2.45) is 5.92 Å².